The number of hydrogen-bond acceptors (Lipinski definition) is 8. The van der Waals surface area contributed by atoms with Crippen LogP contribution in [0.3, 0.4) is 0 Å². The highest BCUT2D eigenvalue weighted by Gasteiger charge is 2.32. The third-order valence-corrected chi connectivity index (χ3v) is 11.8. The highest BCUT2D eigenvalue weighted by Crippen LogP contribution is 2.30. The number of carbonyl (C=O) groups excluding carboxylic acids is 1. The second-order valence-electron chi connectivity index (χ2n) is 12.7. The van der Waals surface area contributed by atoms with Gasteiger partial charge < -0.3 is 19.5 Å². The Bertz CT molecular complexity index is 1790. The molecule has 14 heteroatoms. The molecule has 0 saturated heterocycles. The van der Waals surface area contributed by atoms with Crippen LogP contribution in [0.5, 0.6) is 5.75 Å². The Morgan fingerprint density at radius 3 is 2.31 bits per heavy atom. The number of amides is 1. The van der Waals surface area contributed by atoms with Crippen LogP contribution in [0.4, 0.5) is 10.1 Å². The lowest BCUT2D eigenvalue weighted by atomic mass is 10.0. The summed E-state index contributed by atoms with van der Waals surface area (Å²) in [4.78, 5) is 15.8. The second-order valence-corrected chi connectivity index (χ2v) is 16.4. The van der Waals surface area contributed by atoms with E-state index in [0.717, 1.165) is 28.4 Å². The van der Waals surface area contributed by atoms with Gasteiger partial charge in [0.15, 0.2) is 0 Å². The molecular weight excluding hydrogens is 674 g/mol. The summed E-state index contributed by atoms with van der Waals surface area (Å²) in [5, 5.41) is 10.2. The molecule has 3 aromatic carbocycles. The number of ether oxygens (including phenoxy) is 2. The molecule has 1 aliphatic heterocycles. The quantitative estimate of drug-likeness (QED) is 0.313. The zero-order valence-electron chi connectivity index (χ0n) is 28.5. The molecule has 0 bridgehead atoms. The molecule has 0 aliphatic carbocycles. The van der Waals surface area contributed by atoms with Gasteiger partial charge in [-0.25, -0.2) is 21.2 Å². The molecule has 4 atom stereocenters. The number of nitrogens with zero attached hydrogens (tertiary/aromatic N) is 2. The van der Waals surface area contributed by atoms with E-state index in [9.17, 15) is 31.1 Å². The third kappa shape index (κ3) is 9.79. The summed E-state index contributed by atoms with van der Waals surface area (Å²) in [6, 6.07) is 14.8. The number of likely N-dealkylation sites (N-methyl/N-ethyl adjacent to an activating group) is 1. The third-order valence-electron chi connectivity index (χ3n) is 8.59. The van der Waals surface area contributed by atoms with Gasteiger partial charge in [0.1, 0.15) is 11.6 Å². The van der Waals surface area contributed by atoms with Crippen LogP contribution in [0.1, 0.15) is 56.0 Å². The van der Waals surface area contributed by atoms with Gasteiger partial charge in [-0.2, -0.15) is 4.31 Å². The molecule has 11 nitrogen and oxygen atoms in total. The molecule has 0 saturated carbocycles. The fourth-order valence-corrected chi connectivity index (χ4v) is 7.75. The first-order valence-corrected chi connectivity index (χ1v) is 19.2. The second kappa shape index (κ2) is 16.4. The fourth-order valence-electron chi connectivity index (χ4n) is 5.52. The summed E-state index contributed by atoms with van der Waals surface area (Å²) in [6.45, 7) is 7.26. The van der Waals surface area contributed by atoms with Gasteiger partial charge in [0.05, 0.1) is 40.2 Å². The Morgan fingerprint density at radius 2 is 1.65 bits per heavy atom. The first-order valence-electron chi connectivity index (χ1n) is 16.3. The van der Waals surface area contributed by atoms with Gasteiger partial charge in [-0.05, 0) is 94.6 Å². The van der Waals surface area contributed by atoms with Crippen LogP contribution >= 0.6 is 0 Å². The van der Waals surface area contributed by atoms with Crippen molar-refractivity contribution >= 4 is 31.6 Å². The van der Waals surface area contributed by atoms with Gasteiger partial charge in [0.2, 0.25) is 10.0 Å². The number of rotatable bonds is 9. The minimum Gasteiger partial charge on any atom is -0.490 e. The van der Waals surface area contributed by atoms with Crippen LogP contribution in [0, 0.1) is 18.7 Å². The van der Waals surface area contributed by atoms with Gasteiger partial charge in [0, 0.05) is 38.3 Å². The number of anilines is 1. The molecule has 0 fully saturated rings. The van der Waals surface area contributed by atoms with E-state index < -0.39 is 49.8 Å². The fraction of sp³-hybridized carbons (Fsp3) is 0.457. The van der Waals surface area contributed by atoms with Crippen LogP contribution in [0.25, 0.3) is 0 Å². The molecule has 1 aliphatic rings. The van der Waals surface area contributed by atoms with Crippen LogP contribution in [-0.4, -0.2) is 88.7 Å². The maximum absolute atomic E-state index is 14.4. The summed E-state index contributed by atoms with van der Waals surface area (Å²) in [6.07, 6.45) is 1.10. The monoisotopic (exact) mass is 719 g/mol. The molecule has 2 N–H and O–H groups in total. The molecule has 49 heavy (non-hydrogen) atoms. The SMILES string of the molecule is Cc1ccc(S(=O)(=O)Nc2ccc3c(c2)C(=O)N([C@H](C)CO)C[C@H](C)[C@H](CN(C)S(=O)(=O)c2ccc(F)cc2)OCCCC[C@H](C)O3)cc1. The number of aliphatic hydroxyl groups is 1. The summed E-state index contributed by atoms with van der Waals surface area (Å²) in [5.41, 5.74) is 1.17. The average Bonchev–Trinajstić information content (AvgIpc) is 3.06. The van der Waals surface area contributed by atoms with Crippen molar-refractivity contribution in [1.82, 2.24) is 9.21 Å². The molecule has 0 unspecified atom stereocenters. The lowest BCUT2D eigenvalue weighted by Crippen LogP contribution is -2.48. The number of aliphatic hydroxyl groups excluding tert-OH is 1. The highest BCUT2D eigenvalue weighted by molar-refractivity contribution is 7.92. The number of halogens is 1. The Balaban J connectivity index is 1.67. The Labute approximate surface area is 289 Å². The molecule has 0 aromatic heterocycles. The van der Waals surface area contributed by atoms with E-state index in [0.29, 0.717) is 19.4 Å². The number of carbonyl (C=O) groups is 1. The zero-order valence-corrected chi connectivity index (χ0v) is 30.1. The van der Waals surface area contributed by atoms with Crippen molar-refractivity contribution in [3.8, 4) is 5.75 Å². The number of sulfonamides is 2. The minimum absolute atomic E-state index is 0.0442. The lowest BCUT2D eigenvalue weighted by molar-refractivity contribution is -0.00834. The number of fused-ring (bicyclic) bond motifs is 1. The zero-order chi connectivity index (χ0) is 35.9. The van der Waals surface area contributed by atoms with E-state index >= 15 is 0 Å². The highest BCUT2D eigenvalue weighted by atomic mass is 32.2. The van der Waals surface area contributed by atoms with E-state index in [2.05, 4.69) is 4.72 Å². The van der Waals surface area contributed by atoms with E-state index in [1.54, 1.807) is 25.1 Å². The van der Waals surface area contributed by atoms with Crippen molar-refractivity contribution in [1.29, 1.82) is 0 Å². The largest absolute Gasteiger partial charge is 0.490 e. The maximum Gasteiger partial charge on any atom is 0.261 e. The number of hydrogen-bond donors (Lipinski definition) is 2. The summed E-state index contributed by atoms with van der Waals surface area (Å²) < 4.78 is 82.8. The first-order chi connectivity index (χ1) is 23.1. The Kier molecular flexibility index (Phi) is 12.8. The van der Waals surface area contributed by atoms with Gasteiger partial charge in [-0.3, -0.25) is 9.52 Å². The molecule has 268 valence electrons. The van der Waals surface area contributed by atoms with E-state index in [1.807, 2.05) is 20.8 Å². The number of benzene rings is 3. The normalized spacial score (nSPS) is 20.6. The average molecular weight is 720 g/mol. The first kappa shape index (κ1) is 38.2. The molecule has 0 spiro atoms. The topological polar surface area (TPSA) is 143 Å². The van der Waals surface area contributed by atoms with Crippen molar-refractivity contribution < 1.29 is 40.6 Å². The van der Waals surface area contributed by atoms with E-state index in [-0.39, 0.29) is 52.6 Å². The summed E-state index contributed by atoms with van der Waals surface area (Å²) in [5.74, 6) is -1.20. The van der Waals surface area contributed by atoms with E-state index in [1.165, 1.54) is 48.3 Å². The van der Waals surface area contributed by atoms with Crippen molar-refractivity contribution in [2.24, 2.45) is 5.92 Å². The molecular formula is C35H46FN3O8S2. The predicted octanol–water partition coefficient (Wildman–Crippen LogP) is 5.05. The smallest absolute Gasteiger partial charge is 0.261 e. The number of nitrogens with one attached hydrogen (secondary N) is 1. The lowest BCUT2D eigenvalue weighted by Gasteiger charge is -2.35. The predicted molar refractivity (Wildman–Crippen MR) is 185 cm³/mol. The summed E-state index contributed by atoms with van der Waals surface area (Å²) >= 11 is 0. The van der Waals surface area contributed by atoms with Crippen LogP contribution in [-0.2, 0) is 24.8 Å². The minimum atomic E-state index is -3.98. The molecule has 1 amide bonds. The maximum atomic E-state index is 14.4. The van der Waals surface area contributed by atoms with Crippen molar-refractivity contribution in [3.63, 3.8) is 0 Å². The van der Waals surface area contributed by atoms with Crippen molar-refractivity contribution in [3.05, 3.63) is 83.7 Å². The van der Waals surface area contributed by atoms with Gasteiger partial charge in [-0.15, -0.1) is 0 Å². The molecule has 3 aromatic rings. The standard InChI is InChI=1S/C35H46FN3O8S2/c1-24-9-14-30(15-10-24)48(42,43)37-29-13-18-33-32(20-29)35(41)39(26(3)23-40)21-25(2)34(46-19-7-6-8-27(4)47-33)22-38(5)49(44,45)31-16-11-28(36)12-17-31/h9-18,20,25-27,34,37,40H,6-8,19,21-23H2,1-5H3/t25-,26+,27-,34-/m0/s1. The molecule has 1 heterocycles. The van der Waals surface area contributed by atoms with Crippen molar-refractivity contribution in [2.45, 2.75) is 75.0 Å². The van der Waals surface area contributed by atoms with Gasteiger partial charge >= 0.3 is 0 Å². The summed E-state index contributed by atoms with van der Waals surface area (Å²) in [7, 11) is -6.53. The van der Waals surface area contributed by atoms with Crippen LogP contribution in [0.15, 0.2) is 76.5 Å². The van der Waals surface area contributed by atoms with E-state index in [4.69, 9.17) is 9.47 Å². The Morgan fingerprint density at radius 1 is 1.00 bits per heavy atom. The molecule has 0 radical (unpaired) electrons. The Hall–Kier alpha value is -3.56. The van der Waals surface area contributed by atoms with Gasteiger partial charge in [-0.1, -0.05) is 24.6 Å². The van der Waals surface area contributed by atoms with Crippen molar-refractivity contribution in [2.75, 3.05) is 38.1 Å². The number of aryl methyl sites for hydroxylation is 1. The molecule has 4 rings (SSSR count). The van der Waals surface area contributed by atoms with Gasteiger partial charge in [0.25, 0.3) is 15.9 Å². The van der Waals surface area contributed by atoms with Crippen LogP contribution in [0.2, 0.25) is 0 Å². The van der Waals surface area contributed by atoms with Crippen LogP contribution < -0.4 is 9.46 Å².